The third-order valence-electron chi connectivity index (χ3n) is 4.60. The fraction of sp³-hybridized carbons (Fsp3) is 0.526. The molecule has 2 aromatic rings. The molecule has 0 aliphatic carbocycles. The largest absolute Gasteiger partial charge is 0.493 e. The maximum Gasteiger partial charge on any atom is 0.161 e. The first-order valence-corrected chi connectivity index (χ1v) is 9.35. The summed E-state index contributed by atoms with van der Waals surface area (Å²) in [6.45, 7) is 9.13. The molecule has 0 bridgehead atoms. The van der Waals surface area contributed by atoms with Gasteiger partial charge in [-0.1, -0.05) is 27.7 Å². The second kappa shape index (κ2) is 6.03. The van der Waals surface area contributed by atoms with Crippen molar-refractivity contribution in [3.8, 4) is 22.9 Å². The van der Waals surface area contributed by atoms with Crippen LogP contribution >= 0.6 is 11.8 Å². The van der Waals surface area contributed by atoms with Gasteiger partial charge < -0.3 is 14.5 Å². The van der Waals surface area contributed by atoms with E-state index < -0.39 is 0 Å². The van der Waals surface area contributed by atoms with Crippen molar-refractivity contribution in [3.05, 3.63) is 29.6 Å². The number of rotatable bonds is 3. The second-order valence-corrected chi connectivity index (χ2v) is 8.62. The Hall–Kier alpha value is -1.62. The Morgan fingerprint density at radius 2 is 1.67 bits per heavy atom. The number of benzene rings is 1. The van der Waals surface area contributed by atoms with E-state index in [0.717, 1.165) is 34.4 Å². The molecule has 3 rings (SSSR count). The number of hydrogen-bond acceptors (Lipinski definition) is 4. The number of methoxy groups -OCH3 is 2. The van der Waals surface area contributed by atoms with Crippen LogP contribution in [0.15, 0.2) is 18.2 Å². The van der Waals surface area contributed by atoms with E-state index in [0.29, 0.717) is 0 Å². The molecule has 1 N–H and O–H groups in total. The fourth-order valence-corrected chi connectivity index (χ4v) is 4.58. The van der Waals surface area contributed by atoms with Gasteiger partial charge in [0.25, 0.3) is 0 Å². The minimum Gasteiger partial charge on any atom is -0.493 e. The zero-order chi connectivity index (χ0) is 17.5. The summed E-state index contributed by atoms with van der Waals surface area (Å²) >= 11 is 2.01. The molecule has 0 unspecified atom stereocenters. The van der Waals surface area contributed by atoms with E-state index in [1.807, 2.05) is 30.0 Å². The molecule has 1 aromatic carbocycles. The van der Waals surface area contributed by atoms with Crippen LogP contribution in [0.25, 0.3) is 11.4 Å². The molecule has 1 aliphatic rings. The van der Waals surface area contributed by atoms with Gasteiger partial charge in [0.1, 0.15) is 5.82 Å². The van der Waals surface area contributed by atoms with Gasteiger partial charge >= 0.3 is 0 Å². The molecule has 0 spiro atoms. The number of fused-ring (bicyclic) bond motifs is 1. The van der Waals surface area contributed by atoms with Crippen LogP contribution in [-0.4, -0.2) is 35.7 Å². The Labute approximate surface area is 148 Å². The number of ether oxygens (including phenoxy) is 2. The number of hydrogen-bond donors (Lipinski definition) is 1. The molecular formula is C19H26N2O2S. The third kappa shape index (κ3) is 2.90. The minimum atomic E-state index is 0.0546. The van der Waals surface area contributed by atoms with Crippen molar-refractivity contribution in [2.24, 2.45) is 0 Å². The maximum atomic E-state index is 5.43. The number of nitrogens with one attached hydrogen (secondary N) is 1. The summed E-state index contributed by atoms with van der Waals surface area (Å²) in [4.78, 5) is 8.60. The first kappa shape index (κ1) is 17.2. The predicted octanol–water partition coefficient (Wildman–Crippen LogP) is 4.40. The topological polar surface area (TPSA) is 47.1 Å². The molecule has 5 heteroatoms. The van der Waals surface area contributed by atoms with Gasteiger partial charge in [-0.05, 0) is 18.2 Å². The van der Waals surface area contributed by atoms with E-state index in [-0.39, 0.29) is 10.8 Å². The lowest BCUT2D eigenvalue weighted by atomic mass is 9.82. The van der Waals surface area contributed by atoms with Gasteiger partial charge in [-0.2, -0.15) is 11.8 Å². The first-order chi connectivity index (χ1) is 11.3. The Morgan fingerprint density at radius 1 is 1.00 bits per heavy atom. The highest BCUT2D eigenvalue weighted by molar-refractivity contribution is 7.99. The highest BCUT2D eigenvalue weighted by Gasteiger charge is 2.38. The molecule has 0 amide bonds. The van der Waals surface area contributed by atoms with Gasteiger partial charge in [0.05, 0.1) is 19.9 Å². The zero-order valence-corrected chi connectivity index (χ0v) is 16.1. The second-order valence-electron chi connectivity index (χ2n) is 7.64. The number of aromatic amines is 1. The van der Waals surface area contributed by atoms with Gasteiger partial charge in [-0.15, -0.1) is 0 Å². The van der Waals surface area contributed by atoms with Crippen molar-refractivity contribution >= 4 is 11.8 Å². The normalized spacial score (nSPS) is 18.6. The Kier molecular flexibility index (Phi) is 4.32. The zero-order valence-electron chi connectivity index (χ0n) is 15.3. The van der Waals surface area contributed by atoms with E-state index in [9.17, 15) is 0 Å². The lowest BCUT2D eigenvalue weighted by Gasteiger charge is -2.23. The van der Waals surface area contributed by atoms with E-state index in [1.165, 1.54) is 11.4 Å². The quantitative estimate of drug-likeness (QED) is 0.895. The molecule has 24 heavy (non-hydrogen) atoms. The van der Waals surface area contributed by atoms with Crippen LogP contribution in [0.2, 0.25) is 0 Å². The van der Waals surface area contributed by atoms with E-state index in [2.05, 4.69) is 32.7 Å². The number of nitrogens with zero attached hydrogens (tertiary/aromatic N) is 1. The van der Waals surface area contributed by atoms with Gasteiger partial charge in [0.2, 0.25) is 0 Å². The summed E-state index contributed by atoms with van der Waals surface area (Å²) in [5.41, 5.74) is 3.58. The van der Waals surface area contributed by atoms with Crippen molar-refractivity contribution in [2.45, 2.75) is 38.5 Å². The van der Waals surface area contributed by atoms with Gasteiger partial charge in [0.15, 0.2) is 11.5 Å². The monoisotopic (exact) mass is 346 g/mol. The summed E-state index contributed by atoms with van der Waals surface area (Å²) in [5.74, 6) is 4.52. The Bertz CT molecular complexity index is 716. The molecule has 0 fully saturated rings. The lowest BCUT2D eigenvalue weighted by Crippen LogP contribution is -2.24. The maximum absolute atomic E-state index is 5.43. The molecular weight excluding hydrogens is 320 g/mol. The van der Waals surface area contributed by atoms with Crippen LogP contribution in [0.3, 0.4) is 0 Å². The molecule has 0 atom stereocenters. The lowest BCUT2D eigenvalue weighted by molar-refractivity contribution is 0.355. The number of imidazole rings is 1. The standard InChI is InChI=1S/C19H26N2O2S/c1-18(2)10-24-11-19(3,4)16-15(18)20-17(21-16)12-7-8-13(22-5)14(9-12)23-6/h7-9H,10-11H2,1-6H3,(H,20,21). The van der Waals surface area contributed by atoms with Crippen molar-refractivity contribution < 1.29 is 9.47 Å². The van der Waals surface area contributed by atoms with Gasteiger partial charge in [-0.25, -0.2) is 4.98 Å². The molecule has 1 aromatic heterocycles. The van der Waals surface area contributed by atoms with Crippen LogP contribution in [0.5, 0.6) is 11.5 Å². The van der Waals surface area contributed by atoms with Crippen LogP contribution in [0, 0.1) is 0 Å². The Morgan fingerprint density at radius 3 is 2.33 bits per heavy atom. The first-order valence-electron chi connectivity index (χ1n) is 8.19. The number of thioether (sulfide) groups is 1. The summed E-state index contributed by atoms with van der Waals surface area (Å²) in [6, 6.07) is 5.92. The van der Waals surface area contributed by atoms with E-state index in [4.69, 9.17) is 14.5 Å². The van der Waals surface area contributed by atoms with Crippen LogP contribution in [0.4, 0.5) is 0 Å². The van der Waals surface area contributed by atoms with Crippen LogP contribution < -0.4 is 9.47 Å². The average Bonchev–Trinajstić information content (AvgIpc) is 2.98. The molecule has 130 valence electrons. The summed E-state index contributed by atoms with van der Waals surface area (Å²) in [7, 11) is 3.30. The number of aromatic nitrogens is 2. The van der Waals surface area contributed by atoms with Crippen LogP contribution in [0.1, 0.15) is 39.1 Å². The summed E-state index contributed by atoms with van der Waals surface area (Å²) in [6.07, 6.45) is 0. The van der Waals surface area contributed by atoms with Crippen molar-refractivity contribution in [2.75, 3.05) is 25.7 Å². The summed E-state index contributed by atoms with van der Waals surface area (Å²) < 4.78 is 10.8. The molecule has 0 saturated carbocycles. The SMILES string of the molecule is COc1ccc(-c2nc3c([nH]2)C(C)(C)CSCC3(C)C)cc1OC. The highest BCUT2D eigenvalue weighted by Crippen LogP contribution is 2.42. The minimum absolute atomic E-state index is 0.0546. The van der Waals surface area contributed by atoms with Crippen molar-refractivity contribution in [3.63, 3.8) is 0 Å². The molecule has 1 aliphatic heterocycles. The third-order valence-corrected chi connectivity index (χ3v) is 6.46. The fourth-order valence-electron chi connectivity index (χ4n) is 3.17. The van der Waals surface area contributed by atoms with Gasteiger partial charge in [-0.3, -0.25) is 0 Å². The molecule has 2 heterocycles. The summed E-state index contributed by atoms with van der Waals surface area (Å²) in [5, 5.41) is 0. The molecule has 4 nitrogen and oxygen atoms in total. The van der Waals surface area contributed by atoms with E-state index in [1.54, 1.807) is 14.2 Å². The molecule has 0 saturated heterocycles. The van der Waals surface area contributed by atoms with Crippen LogP contribution in [-0.2, 0) is 10.8 Å². The average molecular weight is 346 g/mol. The predicted molar refractivity (Wildman–Crippen MR) is 101 cm³/mol. The smallest absolute Gasteiger partial charge is 0.161 e. The molecule has 0 radical (unpaired) electrons. The van der Waals surface area contributed by atoms with E-state index >= 15 is 0 Å². The van der Waals surface area contributed by atoms with Crippen molar-refractivity contribution in [1.82, 2.24) is 9.97 Å². The Balaban J connectivity index is 2.12. The number of H-pyrrole nitrogens is 1. The highest BCUT2D eigenvalue weighted by atomic mass is 32.2. The van der Waals surface area contributed by atoms with Gasteiger partial charge in [0, 0.05) is 33.6 Å². The van der Waals surface area contributed by atoms with Crippen molar-refractivity contribution in [1.29, 1.82) is 0 Å².